The highest BCUT2D eigenvalue weighted by Gasteiger charge is 2.20. The number of rotatable bonds is 2. The maximum absolute atomic E-state index is 8.37. The summed E-state index contributed by atoms with van der Waals surface area (Å²) in [6.45, 7) is 0.706. The first kappa shape index (κ1) is 10.4. The van der Waals surface area contributed by atoms with Crippen molar-refractivity contribution in [3.63, 3.8) is 0 Å². The highest BCUT2D eigenvalue weighted by molar-refractivity contribution is 9.10. The van der Waals surface area contributed by atoms with Crippen molar-refractivity contribution in [2.75, 3.05) is 6.61 Å². The van der Waals surface area contributed by atoms with Gasteiger partial charge in [-0.2, -0.15) is 4.98 Å². The van der Waals surface area contributed by atoms with Gasteiger partial charge in [-0.05, 0) is 45.8 Å². The van der Waals surface area contributed by atoms with Crippen molar-refractivity contribution in [3.05, 3.63) is 15.2 Å². The van der Waals surface area contributed by atoms with Crippen molar-refractivity contribution < 1.29 is 4.74 Å². The SMILES string of the molecule is [N-]=[N+]=Nc1nc(Br)nn1C1CCCCO1. The lowest BCUT2D eigenvalue weighted by Crippen LogP contribution is -2.18. The number of hydrogen-bond donors (Lipinski definition) is 0. The summed E-state index contributed by atoms with van der Waals surface area (Å²) in [4.78, 5) is 6.64. The lowest BCUT2D eigenvalue weighted by molar-refractivity contribution is -0.0386. The number of azide groups is 1. The van der Waals surface area contributed by atoms with Crippen molar-refractivity contribution in [1.82, 2.24) is 14.8 Å². The Morgan fingerprint density at radius 1 is 1.60 bits per heavy atom. The van der Waals surface area contributed by atoms with Crippen molar-refractivity contribution in [1.29, 1.82) is 0 Å². The summed E-state index contributed by atoms with van der Waals surface area (Å²) < 4.78 is 7.44. The zero-order chi connectivity index (χ0) is 10.7. The van der Waals surface area contributed by atoms with E-state index in [1.54, 1.807) is 0 Å². The fourth-order valence-electron chi connectivity index (χ4n) is 1.51. The molecule has 15 heavy (non-hydrogen) atoms. The van der Waals surface area contributed by atoms with Crippen molar-refractivity contribution >= 4 is 21.9 Å². The molecule has 0 saturated carbocycles. The van der Waals surface area contributed by atoms with Gasteiger partial charge in [0.1, 0.15) is 0 Å². The molecular weight excluding hydrogens is 264 g/mol. The third kappa shape index (κ3) is 2.28. The minimum Gasteiger partial charge on any atom is -0.356 e. The molecule has 80 valence electrons. The molecule has 0 aromatic carbocycles. The molecule has 1 fully saturated rings. The predicted octanol–water partition coefficient (Wildman–Crippen LogP) is 2.68. The average Bonchev–Trinajstić information content (AvgIpc) is 2.62. The Balaban J connectivity index is 2.28. The van der Waals surface area contributed by atoms with E-state index in [1.807, 2.05) is 0 Å². The van der Waals surface area contributed by atoms with Gasteiger partial charge >= 0.3 is 0 Å². The van der Waals surface area contributed by atoms with Crippen LogP contribution in [0.3, 0.4) is 0 Å². The van der Waals surface area contributed by atoms with Crippen LogP contribution in [0.2, 0.25) is 0 Å². The van der Waals surface area contributed by atoms with E-state index < -0.39 is 0 Å². The van der Waals surface area contributed by atoms with Gasteiger partial charge in [0.2, 0.25) is 10.7 Å². The largest absolute Gasteiger partial charge is 0.356 e. The van der Waals surface area contributed by atoms with Gasteiger partial charge in [0, 0.05) is 11.5 Å². The molecule has 2 rings (SSSR count). The molecule has 8 heteroatoms. The third-order valence-electron chi connectivity index (χ3n) is 2.15. The summed E-state index contributed by atoms with van der Waals surface area (Å²) in [5.74, 6) is 0.233. The van der Waals surface area contributed by atoms with E-state index in [0.29, 0.717) is 11.3 Å². The van der Waals surface area contributed by atoms with E-state index in [1.165, 1.54) is 4.68 Å². The zero-order valence-corrected chi connectivity index (χ0v) is 9.46. The van der Waals surface area contributed by atoms with Crippen LogP contribution in [-0.2, 0) is 4.74 Å². The summed E-state index contributed by atoms with van der Waals surface area (Å²) in [7, 11) is 0. The number of ether oxygens (including phenoxy) is 1. The molecule has 1 unspecified atom stereocenters. The molecule has 0 amide bonds. The van der Waals surface area contributed by atoms with E-state index in [-0.39, 0.29) is 12.2 Å². The predicted molar refractivity (Wildman–Crippen MR) is 55.4 cm³/mol. The van der Waals surface area contributed by atoms with Crippen LogP contribution >= 0.6 is 15.9 Å². The molecule has 1 aliphatic rings. The average molecular weight is 273 g/mol. The van der Waals surface area contributed by atoms with Gasteiger partial charge in [-0.1, -0.05) is 0 Å². The first-order valence-corrected chi connectivity index (χ1v) is 5.39. The summed E-state index contributed by atoms with van der Waals surface area (Å²) in [5, 5.41) is 7.55. The van der Waals surface area contributed by atoms with Crippen LogP contribution in [0.1, 0.15) is 25.5 Å². The third-order valence-corrected chi connectivity index (χ3v) is 2.49. The fraction of sp³-hybridized carbons (Fsp3) is 0.714. The van der Waals surface area contributed by atoms with Gasteiger partial charge in [-0.25, -0.2) is 4.68 Å². The maximum Gasteiger partial charge on any atom is 0.218 e. The molecule has 1 atom stereocenters. The number of halogens is 1. The Labute approximate surface area is 94.2 Å². The molecule has 0 radical (unpaired) electrons. The zero-order valence-electron chi connectivity index (χ0n) is 7.88. The quantitative estimate of drug-likeness (QED) is 0.471. The molecule has 0 spiro atoms. The van der Waals surface area contributed by atoms with Crippen LogP contribution in [-0.4, -0.2) is 21.4 Å². The van der Waals surface area contributed by atoms with Gasteiger partial charge in [0.25, 0.3) is 0 Å². The Morgan fingerprint density at radius 3 is 3.13 bits per heavy atom. The summed E-state index contributed by atoms with van der Waals surface area (Å²) in [5.41, 5.74) is 8.37. The highest BCUT2D eigenvalue weighted by Crippen LogP contribution is 2.26. The number of aromatic nitrogens is 3. The van der Waals surface area contributed by atoms with E-state index >= 15 is 0 Å². The molecule has 0 aliphatic carbocycles. The van der Waals surface area contributed by atoms with Gasteiger partial charge in [-0.3, -0.25) is 0 Å². The molecule has 0 bridgehead atoms. The van der Waals surface area contributed by atoms with Crippen molar-refractivity contribution in [2.45, 2.75) is 25.5 Å². The molecule has 1 saturated heterocycles. The molecular formula is C7H9BrN6O. The smallest absolute Gasteiger partial charge is 0.218 e. The van der Waals surface area contributed by atoms with Crippen LogP contribution in [0, 0.1) is 0 Å². The second-order valence-electron chi connectivity index (χ2n) is 3.14. The van der Waals surface area contributed by atoms with Gasteiger partial charge in [0.05, 0.1) is 0 Å². The standard InChI is InChI=1S/C7H9BrN6O/c8-6-10-7(11-13-9)14(12-6)5-3-1-2-4-15-5/h5H,1-4H2. The second kappa shape index (κ2) is 4.61. The Bertz CT molecular complexity index is 392. The second-order valence-corrected chi connectivity index (χ2v) is 3.85. The van der Waals surface area contributed by atoms with Gasteiger partial charge in [-0.15, -0.1) is 5.10 Å². The van der Waals surface area contributed by atoms with E-state index in [4.69, 9.17) is 10.3 Å². The van der Waals surface area contributed by atoms with Crippen LogP contribution in [0.15, 0.2) is 9.85 Å². The van der Waals surface area contributed by atoms with E-state index in [0.717, 1.165) is 19.3 Å². The molecule has 7 nitrogen and oxygen atoms in total. The highest BCUT2D eigenvalue weighted by atomic mass is 79.9. The first-order valence-electron chi connectivity index (χ1n) is 4.60. The molecule has 0 N–H and O–H groups in total. The minimum absolute atomic E-state index is 0.168. The molecule has 1 aliphatic heterocycles. The molecule has 1 aromatic rings. The Kier molecular flexibility index (Phi) is 3.20. The van der Waals surface area contributed by atoms with Crippen molar-refractivity contribution in [2.24, 2.45) is 5.11 Å². The summed E-state index contributed by atoms with van der Waals surface area (Å²) >= 11 is 3.14. The molecule has 1 aromatic heterocycles. The van der Waals surface area contributed by atoms with Crippen LogP contribution in [0.25, 0.3) is 10.4 Å². The fourth-order valence-corrected chi connectivity index (χ4v) is 1.84. The molecule has 2 heterocycles. The van der Waals surface area contributed by atoms with E-state index in [2.05, 4.69) is 36.0 Å². The van der Waals surface area contributed by atoms with Crippen LogP contribution < -0.4 is 0 Å². The van der Waals surface area contributed by atoms with Crippen LogP contribution in [0.5, 0.6) is 0 Å². The summed E-state index contributed by atoms with van der Waals surface area (Å²) in [6.07, 6.45) is 2.84. The van der Waals surface area contributed by atoms with Gasteiger partial charge in [0.15, 0.2) is 6.23 Å². The Morgan fingerprint density at radius 2 is 2.47 bits per heavy atom. The topological polar surface area (TPSA) is 88.7 Å². The lowest BCUT2D eigenvalue weighted by atomic mass is 10.2. The lowest BCUT2D eigenvalue weighted by Gasteiger charge is -2.22. The monoisotopic (exact) mass is 272 g/mol. The van der Waals surface area contributed by atoms with Crippen LogP contribution in [0.4, 0.5) is 5.95 Å². The van der Waals surface area contributed by atoms with E-state index in [9.17, 15) is 0 Å². The van der Waals surface area contributed by atoms with Crippen molar-refractivity contribution in [3.8, 4) is 0 Å². The van der Waals surface area contributed by atoms with Gasteiger partial charge < -0.3 is 4.74 Å². The number of nitrogens with zero attached hydrogens (tertiary/aromatic N) is 6. The maximum atomic E-state index is 8.37. The summed E-state index contributed by atoms with van der Waals surface area (Å²) in [6, 6.07) is 0. The minimum atomic E-state index is -0.168. The first-order chi connectivity index (χ1) is 7.31. The Hall–Kier alpha value is -1.11. The normalized spacial score (nSPS) is 21.0. The number of hydrogen-bond acceptors (Lipinski definition) is 4.